The standard InChI is InChI=1S/C19H16FNO3S/c1-2-24-16-9-5-13(6-10-16)11-17-18(22)21(19(23)25-17)12-14-3-7-15(20)8-4-14/h3-11H,2,12H2,1H3/b17-11-. The van der Waals surface area contributed by atoms with Crippen LogP contribution in [0.4, 0.5) is 9.18 Å². The number of nitrogens with zero attached hydrogens (tertiary/aromatic N) is 1. The number of benzene rings is 2. The molecule has 0 N–H and O–H groups in total. The maximum absolute atomic E-state index is 13.0. The first-order chi connectivity index (χ1) is 12.1. The molecular formula is C19H16FNO3S. The molecule has 2 aromatic rings. The van der Waals surface area contributed by atoms with E-state index < -0.39 is 0 Å². The highest BCUT2D eigenvalue weighted by Crippen LogP contribution is 2.33. The van der Waals surface area contributed by atoms with Crippen molar-refractivity contribution in [2.75, 3.05) is 6.61 Å². The number of amides is 2. The van der Waals surface area contributed by atoms with E-state index in [1.165, 1.54) is 12.1 Å². The van der Waals surface area contributed by atoms with E-state index in [0.29, 0.717) is 17.1 Å². The summed E-state index contributed by atoms with van der Waals surface area (Å²) in [4.78, 5) is 26.1. The third-order valence-electron chi connectivity index (χ3n) is 3.62. The molecule has 0 unspecified atom stereocenters. The summed E-state index contributed by atoms with van der Waals surface area (Å²) in [6.45, 7) is 2.62. The molecule has 25 heavy (non-hydrogen) atoms. The summed E-state index contributed by atoms with van der Waals surface area (Å²) in [5.41, 5.74) is 1.52. The minimum atomic E-state index is -0.353. The fourth-order valence-electron chi connectivity index (χ4n) is 2.39. The number of carbonyl (C=O) groups excluding carboxylic acids is 2. The molecule has 0 bridgehead atoms. The van der Waals surface area contributed by atoms with Gasteiger partial charge in [0.2, 0.25) is 0 Å². The van der Waals surface area contributed by atoms with Crippen molar-refractivity contribution in [1.29, 1.82) is 0 Å². The SMILES string of the molecule is CCOc1ccc(/C=C2\SC(=O)N(Cc3ccc(F)cc3)C2=O)cc1. The number of imide groups is 1. The van der Waals surface area contributed by atoms with Gasteiger partial charge in [-0.15, -0.1) is 0 Å². The topological polar surface area (TPSA) is 46.6 Å². The van der Waals surface area contributed by atoms with Gasteiger partial charge in [0, 0.05) is 0 Å². The van der Waals surface area contributed by atoms with E-state index in [0.717, 1.165) is 28.0 Å². The molecule has 0 aromatic heterocycles. The molecule has 0 atom stereocenters. The van der Waals surface area contributed by atoms with Crippen LogP contribution < -0.4 is 4.74 Å². The van der Waals surface area contributed by atoms with Crippen LogP contribution in [0.2, 0.25) is 0 Å². The van der Waals surface area contributed by atoms with Gasteiger partial charge in [-0.1, -0.05) is 24.3 Å². The van der Waals surface area contributed by atoms with E-state index >= 15 is 0 Å². The predicted molar refractivity (Wildman–Crippen MR) is 95.5 cm³/mol. The molecule has 1 aliphatic rings. The van der Waals surface area contributed by atoms with E-state index in [4.69, 9.17) is 4.74 Å². The average molecular weight is 357 g/mol. The lowest BCUT2D eigenvalue weighted by molar-refractivity contribution is -0.123. The summed E-state index contributed by atoms with van der Waals surface area (Å²) in [5, 5.41) is -0.327. The zero-order valence-electron chi connectivity index (χ0n) is 13.6. The predicted octanol–water partition coefficient (Wildman–Crippen LogP) is 4.46. The number of thioether (sulfide) groups is 1. The molecule has 1 heterocycles. The Labute approximate surface area is 149 Å². The first kappa shape index (κ1) is 17.2. The fourth-order valence-corrected chi connectivity index (χ4v) is 3.23. The second-order valence-electron chi connectivity index (χ2n) is 5.40. The number of hydrogen-bond donors (Lipinski definition) is 0. The van der Waals surface area contributed by atoms with Crippen LogP contribution >= 0.6 is 11.8 Å². The Kier molecular flexibility index (Phi) is 5.19. The van der Waals surface area contributed by atoms with Crippen LogP contribution in [-0.2, 0) is 11.3 Å². The van der Waals surface area contributed by atoms with Crippen molar-refractivity contribution in [1.82, 2.24) is 4.90 Å². The maximum atomic E-state index is 13.0. The van der Waals surface area contributed by atoms with Crippen LogP contribution in [0.5, 0.6) is 5.75 Å². The molecule has 1 saturated heterocycles. The van der Waals surface area contributed by atoms with E-state index in [1.54, 1.807) is 18.2 Å². The Bertz CT molecular complexity index is 816. The van der Waals surface area contributed by atoms with E-state index in [1.807, 2.05) is 31.2 Å². The van der Waals surface area contributed by atoms with Crippen LogP contribution in [0, 0.1) is 5.82 Å². The first-order valence-electron chi connectivity index (χ1n) is 7.79. The van der Waals surface area contributed by atoms with Crippen LogP contribution in [0.15, 0.2) is 53.4 Å². The van der Waals surface area contributed by atoms with Crippen LogP contribution in [-0.4, -0.2) is 22.7 Å². The van der Waals surface area contributed by atoms with Gasteiger partial charge in [-0.2, -0.15) is 0 Å². The number of halogens is 1. The number of ether oxygens (including phenoxy) is 1. The molecule has 2 amide bonds. The highest BCUT2D eigenvalue weighted by molar-refractivity contribution is 8.18. The molecule has 2 aromatic carbocycles. The second kappa shape index (κ2) is 7.53. The smallest absolute Gasteiger partial charge is 0.293 e. The summed E-state index contributed by atoms with van der Waals surface area (Å²) in [7, 11) is 0. The number of hydrogen-bond acceptors (Lipinski definition) is 4. The minimum Gasteiger partial charge on any atom is -0.494 e. The summed E-state index contributed by atoms with van der Waals surface area (Å²) in [6, 6.07) is 13.0. The van der Waals surface area contributed by atoms with Gasteiger partial charge in [-0.05, 0) is 60.2 Å². The largest absolute Gasteiger partial charge is 0.494 e. The average Bonchev–Trinajstić information content (AvgIpc) is 2.86. The molecule has 0 radical (unpaired) electrons. The maximum Gasteiger partial charge on any atom is 0.293 e. The highest BCUT2D eigenvalue weighted by Gasteiger charge is 2.34. The lowest BCUT2D eigenvalue weighted by Crippen LogP contribution is -2.27. The van der Waals surface area contributed by atoms with Crippen molar-refractivity contribution in [2.24, 2.45) is 0 Å². The van der Waals surface area contributed by atoms with Gasteiger partial charge in [0.05, 0.1) is 18.1 Å². The number of carbonyl (C=O) groups is 2. The number of rotatable bonds is 5. The van der Waals surface area contributed by atoms with E-state index in [9.17, 15) is 14.0 Å². The van der Waals surface area contributed by atoms with E-state index in [2.05, 4.69) is 0 Å². The van der Waals surface area contributed by atoms with Gasteiger partial charge >= 0.3 is 0 Å². The Balaban J connectivity index is 1.74. The monoisotopic (exact) mass is 357 g/mol. The van der Waals surface area contributed by atoms with Crippen LogP contribution in [0.3, 0.4) is 0 Å². The summed E-state index contributed by atoms with van der Waals surface area (Å²) in [6.07, 6.45) is 1.69. The zero-order chi connectivity index (χ0) is 17.8. The quantitative estimate of drug-likeness (QED) is 0.741. The molecule has 0 spiro atoms. The lowest BCUT2D eigenvalue weighted by atomic mass is 10.2. The normalized spacial score (nSPS) is 15.9. The van der Waals surface area contributed by atoms with Gasteiger partial charge < -0.3 is 4.74 Å². The minimum absolute atomic E-state index is 0.131. The third kappa shape index (κ3) is 4.09. The second-order valence-corrected chi connectivity index (χ2v) is 6.39. The van der Waals surface area contributed by atoms with Crippen molar-refractivity contribution in [3.63, 3.8) is 0 Å². The molecule has 6 heteroatoms. The molecule has 3 rings (SSSR count). The highest BCUT2D eigenvalue weighted by atomic mass is 32.2. The van der Waals surface area contributed by atoms with Crippen molar-refractivity contribution < 1.29 is 18.7 Å². The Morgan fingerprint density at radius 3 is 2.40 bits per heavy atom. The van der Waals surface area contributed by atoms with E-state index in [-0.39, 0.29) is 23.5 Å². The molecule has 1 aliphatic heterocycles. The van der Waals surface area contributed by atoms with Gasteiger partial charge in [-0.25, -0.2) is 4.39 Å². The Morgan fingerprint density at radius 2 is 1.76 bits per heavy atom. The molecule has 0 saturated carbocycles. The molecule has 4 nitrogen and oxygen atoms in total. The fraction of sp³-hybridized carbons (Fsp3) is 0.158. The zero-order valence-corrected chi connectivity index (χ0v) is 14.4. The molecule has 128 valence electrons. The molecule has 0 aliphatic carbocycles. The summed E-state index contributed by atoms with van der Waals surface area (Å²) in [5.74, 6) is 0.0607. The Morgan fingerprint density at radius 1 is 1.08 bits per heavy atom. The first-order valence-corrected chi connectivity index (χ1v) is 8.61. The van der Waals surface area contributed by atoms with Crippen molar-refractivity contribution in [3.8, 4) is 5.75 Å². The molecular weight excluding hydrogens is 341 g/mol. The van der Waals surface area contributed by atoms with Crippen molar-refractivity contribution in [2.45, 2.75) is 13.5 Å². The molecule has 1 fully saturated rings. The van der Waals surface area contributed by atoms with Crippen molar-refractivity contribution >= 4 is 29.0 Å². The van der Waals surface area contributed by atoms with Crippen LogP contribution in [0.25, 0.3) is 6.08 Å². The van der Waals surface area contributed by atoms with Gasteiger partial charge in [-0.3, -0.25) is 14.5 Å². The lowest BCUT2D eigenvalue weighted by Gasteiger charge is -2.12. The summed E-state index contributed by atoms with van der Waals surface area (Å²) >= 11 is 0.907. The third-order valence-corrected chi connectivity index (χ3v) is 4.52. The Hall–Kier alpha value is -2.60. The van der Waals surface area contributed by atoms with Gasteiger partial charge in [0.15, 0.2) is 0 Å². The van der Waals surface area contributed by atoms with Crippen LogP contribution in [0.1, 0.15) is 18.1 Å². The van der Waals surface area contributed by atoms with Gasteiger partial charge in [0.25, 0.3) is 11.1 Å². The van der Waals surface area contributed by atoms with Crippen molar-refractivity contribution in [3.05, 3.63) is 70.4 Å². The van der Waals surface area contributed by atoms with Gasteiger partial charge in [0.1, 0.15) is 11.6 Å². The summed E-state index contributed by atoms with van der Waals surface area (Å²) < 4.78 is 18.3.